The minimum Gasteiger partial charge on any atom is -0.354 e. The highest BCUT2D eigenvalue weighted by molar-refractivity contribution is 5.52. The fourth-order valence-corrected chi connectivity index (χ4v) is 3.33. The summed E-state index contributed by atoms with van der Waals surface area (Å²) in [6.07, 6.45) is 4.55. The third-order valence-corrected chi connectivity index (χ3v) is 4.95. The van der Waals surface area contributed by atoms with Gasteiger partial charge < -0.3 is 10.6 Å². The SMILES string of the molecule is CCC(N)Cc1c(C)nn(C)c1N1CCCC(C)C1C. The summed E-state index contributed by atoms with van der Waals surface area (Å²) in [7, 11) is 2.06. The van der Waals surface area contributed by atoms with Gasteiger partial charge in [0.15, 0.2) is 0 Å². The number of nitrogens with zero attached hydrogens (tertiary/aromatic N) is 3. The summed E-state index contributed by atoms with van der Waals surface area (Å²) in [4.78, 5) is 2.55. The average Bonchev–Trinajstić information content (AvgIpc) is 2.68. The van der Waals surface area contributed by atoms with Crippen LogP contribution in [0.2, 0.25) is 0 Å². The van der Waals surface area contributed by atoms with Gasteiger partial charge in [-0.2, -0.15) is 5.10 Å². The van der Waals surface area contributed by atoms with Crippen molar-refractivity contribution in [3.8, 4) is 0 Å². The second kappa shape index (κ2) is 6.17. The second-order valence-corrected chi connectivity index (χ2v) is 6.44. The summed E-state index contributed by atoms with van der Waals surface area (Å²) in [5.41, 5.74) is 8.67. The van der Waals surface area contributed by atoms with Gasteiger partial charge in [0.2, 0.25) is 0 Å². The largest absolute Gasteiger partial charge is 0.354 e. The van der Waals surface area contributed by atoms with E-state index in [0.717, 1.165) is 31.0 Å². The molecule has 0 saturated carbocycles. The molecule has 4 heteroatoms. The van der Waals surface area contributed by atoms with Gasteiger partial charge in [0.25, 0.3) is 0 Å². The third kappa shape index (κ3) is 2.85. The van der Waals surface area contributed by atoms with Crippen molar-refractivity contribution < 1.29 is 0 Å². The van der Waals surface area contributed by atoms with Gasteiger partial charge in [-0.15, -0.1) is 0 Å². The molecule has 3 unspecified atom stereocenters. The van der Waals surface area contributed by atoms with E-state index in [1.165, 1.54) is 24.2 Å². The highest BCUT2D eigenvalue weighted by atomic mass is 15.4. The fourth-order valence-electron chi connectivity index (χ4n) is 3.33. The standard InChI is InChI=1S/C16H30N4/c1-6-14(17)10-15-12(3)18-19(5)16(15)20-9-7-8-11(2)13(20)4/h11,13-14H,6-10,17H2,1-5H3. The normalized spacial score (nSPS) is 25.0. The maximum atomic E-state index is 6.19. The van der Waals surface area contributed by atoms with Crippen LogP contribution in [0.15, 0.2) is 0 Å². The van der Waals surface area contributed by atoms with Crippen LogP contribution < -0.4 is 10.6 Å². The molecule has 1 aromatic rings. The molecule has 20 heavy (non-hydrogen) atoms. The fraction of sp³-hybridized carbons (Fsp3) is 0.812. The Morgan fingerprint density at radius 3 is 2.75 bits per heavy atom. The first-order valence-corrected chi connectivity index (χ1v) is 8.00. The number of piperidine rings is 1. The Morgan fingerprint density at radius 2 is 2.10 bits per heavy atom. The predicted octanol–water partition coefficient (Wildman–Crippen LogP) is 2.63. The van der Waals surface area contributed by atoms with Gasteiger partial charge in [-0.25, -0.2) is 0 Å². The minimum atomic E-state index is 0.231. The summed E-state index contributed by atoms with van der Waals surface area (Å²) >= 11 is 0. The second-order valence-electron chi connectivity index (χ2n) is 6.44. The summed E-state index contributed by atoms with van der Waals surface area (Å²) in [5.74, 6) is 2.04. The van der Waals surface area contributed by atoms with Gasteiger partial charge in [0.05, 0.1) is 5.69 Å². The Labute approximate surface area is 123 Å². The van der Waals surface area contributed by atoms with Gasteiger partial charge >= 0.3 is 0 Å². The maximum Gasteiger partial charge on any atom is 0.130 e. The smallest absolute Gasteiger partial charge is 0.130 e. The van der Waals surface area contributed by atoms with E-state index < -0.39 is 0 Å². The van der Waals surface area contributed by atoms with Crippen LogP contribution in [0.3, 0.4) is 0 Å². The molecule has 0 radical (unpaired) electrons. The number of hydrogen-bond acceptors (Lipinski definition) is 3. The molecular formula is C16H30N4. The molecule has 1 fully saturated rings. The van der Waals surface area contributed by atoms with E-state index in [1.807, 2.05) is 0 Å². The van der Waals surface area contributed by atoms with Gasteiger partial charge in [-0.05, 0) is 45.4 Å². The molecule has 2 heterocycles. The van der Waals surface area contributed by atoms with Crippen LogP contribution in [0, 0.1) is 12.8 Å². The molecule has 1 saturated heterocycles. The molecule has 0 aliphatic carbocycles. The molecule has 2 N–H and O–H groups in total. The molecule has 114 valence electrons. The van der Waals surface area contributed by atoms with Crippen LogP contribution >= 0.6 is 0 Å². The predicted molar refractivity (Wildman–Crippen MR) is 85.1 cm³/mol. The molecule has 3 atom stereocenters. The zero-order valence-electron chi connectivity index (χ0n) is 13.7. The Kier molecular flexibility index (Phi) is 4.74. The number of aryl methyl sites for hydroxylation is 2. The van der Waals surface area contributed by atoms with Crippen LogP contribution in [0.4, 0.5) is 5.82 Å². The number of nitrogens with two attached hydrogens (primary N) is 1. The number of aromatic nitrogens is 2. The van der Waals surface area contributed by atoms with Crippen LogP contribution in [-0.2, 0) is 13.5 Å². The zero-order valence-corrected chi connectivity index (χ0v) is 13.7. The quantitative estimate of drug-likeness (QED) is 0.921. The zero-order chi connectivity index (χ0) is 14.9. The average molecular weight is 278 g/mol. The van der Waals surface area contributed by atoms with Crippen LogP contribution in [0.5, 0.6) is 0 Å². The topological polar surface area (TPSA) is 47.1 Å². The van der Waals surface area contributed by atoms with Crippen molar-refractivity contribution in [1.82, 2.24) is 9.78 Å². The lowest BCUT2D eigenvalue weighted by Crippen LogP contribution is -2.44. The van der Waals surface area contributed by atoms with Crippen molar-refractivity contribution in [2.75, 3.05) is 11.4 Å². The van der Waals surface area contributed by atoms with E-state index in [0.29, 0.717) is 6.04 Å². The maximum absolute atomic E-state index is 6.19. The van der Waals surface area contributed by atoms with Crippen molar-refractivity contribution in [1.29, 1.82) is 0 Å². The Hall–Kier alpha value is -1.03. The highest BCUT2D eigenvalue weighted by Crippen LogP contribution is 2.32. The Balaban J connectivity index is 2.34. The number of rotatable bonds is 4. The van der Waals surface area contributed by atoms with Gasteiger partial charge in [-0.1, -0.05) is 13.8 Å². The van der Waals surface area contributed by atoms with Gasteiger partial charge in [0, 0.05) is 31.2 Å². The monoisotopic (exact) mass is 278 g/mol. The first-order valence-electron chi connectivity index (χ1n) is 8.00. The van der Waals surface area contributed by atoms with Crippen LogP contribution in [0.25, 0.3) is 0 Å². The molecule has 1 aliphatic rings. The van der Waals surface area contributed by atoms with E-state index in [9.17, 15) is 0 Å². The van der Waals surface area contributed by atoms with Crippen molar-refractivity contribution in [2.24, 2.45) is 18.7 Å². The van der Waals surface area contributed by atoms with E-state index in [2.05, 4.69) is 49.4 Å². The lowest BCUT2D eigenvalue weighted by Gasteiger charge is -2.40. The van der Waals surface area contributed by atoms with Crippen molar-refractivity contribution in [3.05, 3.63) is 11.3 Å². The summed E-state index contributed by atoms with van der Waals surface area (Å²) < 4.78 is 2.06. The van der Waals surface area contributed by atoms with E-state index in [-0.39, 0.29) is 6.04 Å². The molecule has 0 amide bonds. The van der Waals surface area contributed by atoms with Crippen LogP contribution in [-0.4, -0.2) is 28.4 Å². The van der Waals surface area contributed by atoms with Gasteiger partial charge in [-0.3, -0.25) is 4.68 Å². The summed E-state index contributed by atoms with van der Waals surface area (Å²) in [6.45, 7) is 10.1. The molecule has 2 rings (SSSR count). The van der Waals surface area contributed by atoms with Crippen molar-refractivity contribution in [2.45, 2.75) is 65.5 Å². The first-order chi connectivity index (χ1) is 9.45. The third-order valence-electron chi connectivity index (χ3n) is 4.95. The van der Waals surface area contributed by atoms with Crippen LogP contribution in [0.1, 0.15) is 51.3 Å². The first kappa shape index (κ1) is 15.4. The van der Waals surface area contributed by atoms with Gasteiger partial charge in [0.1, 0.15) is 5.82 Å². The molecule has 1 aliphatic heterocycles. The van der Waals surface area contributed by atoms with E-state index in [1.54, 1.807) is 0 Å². The molecule has 0 bridgehead atoms. The van der Waals surface area contributed by atoms with Crippen molar-refractivity contribution in [3.63, 3.8) is 0 Å². The van der Waals surface area contributed by atoms with E-state index in [4.69, 9.17) is 5.73 Å². The highest BCUT2D eigenvalue weighted by Gasteiger charge is 2.29. The molecule has 0 aromatic carbocycles. The molecule has 1 aromatic heterocycles. The lowest BCUT2D eigenvalue weighted by molar-refractivity contribution is 0.358. The molecule has 4 nitrogen and oxygen atoms in total. The molecule has 0 spiro atoms. The summed E-state index contributed by atoms with van der Waals surface area (Å²) in [6, 6.07) is 0.810. The minimum absolute atomic E-state index is 0.231. The number of hydrogen-bond donors (Lipinski definition) is 1. The van der Waals surface area contributed by atoms with Crippen molar-refractivity contribution >= 4 is 5.82 Å². The Morgan fingerprint density at radius 1 is 1.40 bits per heavy atom. The van der Waals surface area contributed by atoms with E-state index >= 15 is 0 Å². The lowest BCUT2D eigenvalue weighted by atomic mass is 9.91. The Bertz CT molecular complexity index is 452. The number of anilines is 1. The summed E-state index contributed by atoms with van der Waals surface area (Å²) in [5, 5.41) is 4.65. The molecular weight excluding hydrogens is 248 g/mol.